The number of nitrogens with one attached hydrogen (secondary N) is 1. The topological polar surface area (TPSA) is 92.9 Å². The van der Waals surface area contributed by atoms with Gasteiger partial charge in [-0.25, -0.2) is 4.68 Å². The van der Waals surface area contributed by atoms with Crippen LogP contribution in [0.2, 0.25) is 0 Å². The van der Waals surface area contributed by atoms with E-state index in [2.05, 4.69) is 20.8 Å². The van der Waals surface area contributed by atoms with Gasteiger partial charge in [0, 0.05) is 0 Å². The lowest BCUT2D eigenvalue weighted by Crippen LogP contribution is -2.56. The molecule has 3 rings (SSSR count). The van der Waals surface area contributed by atoms with Gasteiger partial charge < -0.3 is 5.11 Å². The first-order chi connectivity index (χ1) is 10.2. The standard InChI is InChI=1S/C14H17N5O2/c20-13(21)14(7-4-8-14)15-9-12-16-17-18-19(12)10-11-5-2-1-3-6-11/h1-3,5-6,15H,4,7-10H2,(H,20,21). The number of carboxylic acids is 1. The number of nitrogens with zero attached hydrogens (tertiary/aromatic N) is 4. The van der Waals surface area contributed by atoms with Crippen LogP contribution in [-0.4, -0.2) is 36.8 Å². The van der Waals surface area contributed by atoms with E-state index >= 15 is 0 Å². The third kappa shape index (κ3) is 2.78. The molecular weight excluding hydrogens is 270 g/mol. The van der Waals surface area contributed by atoms with Crippen molar-refractivity contribution < 1.29 is 9.90 Å². The molecule has 7 heteroatoms. The zero-order valence-electron chi connectivity index (χ0n) is 11.6. The summed E-state index contributed by atoms with van der Waals surface area (Å²) in [5, 5.41) is 24.0. The van der Waals surface area contributed by atoms with Crippen LogP contribution in [0.15, 0.2) is 30.3 Å². The van der Waals surface area contributed by atoms with Gasteiger partial charge in [0.15, 0.2) is 5.82 Å². The normalized spacial score (nSPS) is 16.4. The van der Waals surface area contributed by atoms with Crippen LogP contribution in [0.25, 0.3) is 0 Å². The van der Waals surface area contributed by atoms with Crippen molar-refractivity contribution in [3.8, 4) is 0 Å². The minimum atomic E-state index is -0.802. The zero-order chi connectivity index (χ0) is 14.7. The first-order valence-electron chi connectivity index (χ1n) is 6.97. The molecule has 1 aliphatic carbocycles. The van der Waals surface area contributed by atoms with Gasteiger partial charge in [0.1, 0.15) is 5.54 Å². The van der Waals surface area contributed by atoms with Gasteiger partial charge in [-0.1, -0.05) is 30.3 Å². The number of carbonyl (C=O) groups is 1. The van der Waals surface area contributed by atoms with Crippen molar-refractivity contribution >= 4 is 5.97 Å². The van der Waals surface area contributed by atoms with Gasteiger partial charge in [0.05, 0.1) is 13.1 Å². The number of hydrogen-bond donors (Lipinski definition) is 2. The molecule has 1 heterocycles. The monoisotopic (exact) mass is 287 g/mol. The largest absolute Gasteiger partial charge is 0.480 e. The van der Waals surface area contributed by atoms with Crippen LogP contribution in [0.4, 0.5) is 0 Å². The van der Waals surface area contributed by atoms with Gasteiger partial charge in [-0.15, -0.1) is 5.10 Å². The summed E-state index contributed by atoms with van der Waals surface area (Å²) in [6.45, 7) is 0.928. The maximum Gasteiger partial charge on any atom is 0.323 e. The summed E-state index contributed by atoms with van der Waals surface area (Å²) in [6.07, 6.45) is 2.25. The number of aromatic nitrogens is 4. The highest BCUT2D eigenvalue weighted by Gasteiger charge is 2.44. The van der Waals surface area contributed by atoms with Gasteiger partial charge in [0.25, 0.3) is 0 Å². The van der Waals surface area contributed by atoms with E-state index in [1.54, 1.807) is 4.68 Å². The molecule has 0 unspecified atom stereocenters. The summed E-state index contributed by atoms with van der Waals surface area (Å²) >= 11 is 0. The molecule has 0 bridgehead atoms. The Labute approximate surface area is 122 Å². The van der Waals surface area contributed by atoms with Crippen LogP contribution >= 0.6 is 0 Å². The molecule has 0 radical (unpaired) electrons. The Bertz CT molecular complexity index is 621. The molecule has 1 fully saturated rings. The van der Waals surface area contributed by atoms with Crippen molar-refractivity contribution in [1.82, 2.24) is 25.5 Å². The third-order valence-corrected chi connectivity index (χ3v) is 3.98. The van der Waals surface area contributed by atoms with Gasteiger partial charge in [-0.2, -0.15) is 0 Å². The molecule has 0 spiro atoms. The lowest BCUT2D eigenvalue weighted by molar-refractivity contribution is -0.148. The Morgan fingerprint density at radius 3 is 2.71 bits per heavy atom. The molecule has 2 N–H and O–H groups in total. The van der Waals surface area contributed by atoms with Crippen LogP contribution in [0, 0.1) is 0 Å². The number of benzene rings is 1. The molecule has 1 aliphatic rings. The maximum atomic E-state index is 11.3. The summed E-state index contributed by atoms with van der Waals surface area (Å²) in [5.74, 6) is -0.151. The Balaban J connectivity index is 1.67. The fourth-order valence-corrected chi connectivity index (χ4v) is 2.47. The van der Waals surface area contributed by atoms with Gasteiger partial charge in [-0.3, -0.25) is 10.1 Å². The predicted octanol–water partition coefficient (Wildman–Crippen LogP) is 0.818. The second-order valence-electron chi connectivity index (χ2n) is 5.33. The number of hydrogen-bond acceptors (Lipinski definition) is 5. The second-order valence-corrected chi connectivity index (χ2v) is 5.33. The maximum absolute atomic E-state index is 11.3. The van der Waals surface area contributed by atoms with Crippen LogP contribution in [0.5, 0.6) is 0 Å². The highest BCUT2D eigenvalue weighted by Crippen LogP contribution is 2.32. The summed E-state index contributed by atoms with van der Waals surface area (Å²) in [6, 6.07) is 9.89. The fourth-order valence-electron chi connectivity index (χ4n) is 2.47. The zero-order valence-corrected chi connectivity index (χ0v) is 11.6. The third-order valence-electron chi connectivity index (χ3n) is 3.98. The molecule has 1 saturated carbocycles. The number of aliphatic carboxylic acids is 1. The summed E-state index contributed by atoms with van der Waals surface area (Å²) in [7, 11) is 0. The average molecular weight is 287 g/mol. The van der Waals surface area contributed by atoms with E-state index in [1.165, 1.54) is 0 Å². The van der Waals surface area contributed by atoms with Crippen LogP contribution in [-0.2, 0) is 17.9 Å². The smallest absolute Gasteiger partial charge is 0.323 e. The van der Waals surface area contributed by atoms with E-state index in [0.717, 1.165) is 12.0 Å². The van der Waals surface area contributed by atoms with Crippen molar-refractivity contribution in [3.05, 3.63) is 41.7 Å². The highest BCUT2D eigenvalue weighted by molar-refractivity contribution is 5.79. The van der Waals surface area contributed by atoms with Crippen molar-refractivity contribution in [2.24, 2.45) is 0 Å². The number of carboxylic acid groups (broad SMARTS) is 1. The van der Waals surface area contributed by atoms with Gasteiger partial charge in [-0.05, 0) is 35.3 Å². The molecule has 0 saturated heterocycles. The molecule has 2 aromatic rings. The Morgan fingerprint density at radius 1 is 1.33 bits per heavy atom. The van der Waals surface area contributed by atoms with Crippen LogP contribution in [0.3, 0.4) is 0 Å². The quantitative estimate of drug-likeness (QED) is 0.817. The summed E-state index contributed by atoms with van der Waals surface area (Å²) in [4.78, 5) is 11.3. The summed E-state index contributed by atoms with van der Waals surface area (Å²) < 4.78 is 1.69. The minimum Gasteiger partial charge on any atom is -0.480 e. The Hall–Kier alpha value is -2.28. The lowest BCUT2D eigenvalue weighted by atomic mass is 9.77. The molecule has 21 heavy (non-hydrogen) atoms. The lowest BCUT2D eigenvalue weighted by Gasteiger charge is -2.38. The van der Waals surface area contributed by atoms with Gasteiger partial charge >= 0.3 is 5.97 Å². The first-order valence-corrected chi connectivity index (χ1v) is 6.97. The molecule has 1 aromatic carbocycles. The second kappa shape index (κ2) is 5.61. The molecule has 0 amide bonds. The van der Waals surface area contributed by atoms with Crippen molar-refractivity contribution in [1.29, 1.82) is 0 Å². The van der Waals surface area contributed by atoms with E-state index in [0.29, 0.717) is 31.8 Å². The average Bonchev–Trinajstić information content (AvgIpc) is 2.86. The minimum absolute atomic E-state index is 0.353. The van der Waals surface area contributed by atoms with Crippen molar-refractivity contribution in [3.63, 3.8) is 0 Å². The molecule has 0 atom stereocenters. The SMILES string of the molecule is O=C(O)C1(NCc2nnnn2Cc2ccccc2)CCC1. The van der Waals surface area contributed by atoms with E-state index in [9.17, 15) is 9.90 Å². The summed E-state index contributed by atoms with van der Waals surface area (Å²) in [5.41, 5.74) is 0.298. The number of rotatable bonds is 6. The fraction of sp³-hybridized carbons (Fsp3) is 0.429. The van der Waals surface area contributed by atoms with E-state index < -0.39 is 11.5 Å². The van der Waals surface area contributed by atoms with Crippen LogP contribution in [0.1, 0.15) is 30.7 Å². The molecular formula is C14H17N5O2. The molecule has 1 aromatic heterocycles. The molecule has 0 aliphatic heterocycles. The Morgan fingerprint density at radius 2 is 2.10 bits per heavy atom. The number of tetrazole rings is 1. The van der Waals surface area contributed by atoms with Crippen LogP contribution < -0.4 is 5.32 Å². The van der Waals surface area contributed by atoms with Crippen molar-refractivity contribution in [2.75, 3.05) is 0 Å². The Kier molecular flexibility index (Phi) is 3.66. The molecule has 7 nitrogen and oxygen atoms in total. The van der Waals surface area contributed by atoms with E-state index in [-0.39, 0.29) is 0 Å². The predicted molar refractivity (Wildman–Crippen MR) is 74.4 cm³/mol. The van der Waals surface area contributed by atoms with Gasteiger partial charge in [0.2, 0.25) is 0 Å². The van der Waals surface area contributed by atoms with E-state index in [4.69, 9.17) is 0 Å². The molecule has 110 valence electrons. The first kappa shape index (κ1) is 13.7. The van der Waals surface area contributed by atoms with Crippen molar-refractivity contribution in [2.45, 2.75) is 37.9 Å². The highest BCUT2D eigenvalue weighted by atomic mass is 16.4. The van der Waals surface area contributed by atoms with E-state index in [1.807, 2.05) is 30.3 Å².